The molecule has 0 radical (unpaired) electrons. The smallest absolute Gasteiger partial charge is 0.410 e. The third-order valence-corrected chi connectivity index (χ3v) is 8.90. The average molecular weight is 658 g/mol. The Morgan fingerprint density at radius 2 is 1.67 bits per heavy atom. The number of amides is 2. The van der Waals surface area contributed by atoms with Gasteiger partial charge in [-0.25, -0.2) is 27.9 Å². The first kappa shape index (κ1) is 34.1. The molecule has 0 saturated carbocycles. The van der Waals surface area contributed by atoms with Crippen LogP contribution in [0.2, 0.25) is 5.15 Å². The van der Waals surface area contributed by atoms with Crippen LogP contribution in [0.15, 0.2) is 53.4 Å². The van der Waals surface area contributed by atoms with Crippen molar-refractivity contribution in [3.05, 3.63) is 70.4 Å². The van der Waals surface area contributed by atoms with Crippen LogP contribution in [-0.2, 0) is 14.8 Å². The Kier molecular flexibility index (Phi) is 10.1. The van der Waals surface area contributed by atoms with Gasteiger partial charge in [0.2, 0.25) is 5.95 Å². The Morgan fingerprint density at radius 3 is 2.29 bits per heavy atom. The molecular weight excluding hydrogens is 618 g/mol. The number of rotatable bonds is 6. The number of ether oxygens (including phenoxy) is 1. The summed E-state index contributed by atoms with van der Waals surface area (Å²) in [6.45, 7) is 13.0. The average Bonchev–Trinajstić information content (AvgIpc) is 3.10. The predicted molar refractivity (Wildman–Crippen MR) is 173 cm³/mol. The zero-order valence-electron chi connectivity index (χ0n) is 26.5. The Morgan fingerprint density at radius 1 is 1.02 bits per heavy atom. The van der Waals surface area contributed by atoms with Crippen molar-refractivity contribution in [1.82, 2.24) is 19.8 Å². The zero-order valence-corrected chi connectivity index (χ0v) is 28.1. The number of sulfonamides is 1. The lowest BCUT2D eigenvalue weighted by atomic mass is 10.00. The van der Waals surface area contributed by atoms with Crippen molar-refractivity contribution >= 4 is 39.6 Å². The summed E-state index contributed by atoms with van der Waals surface area (Å²) in [5.41, 5.74) is 2.54. The molecule has 2 aromatic carbocycles. The van der Waals surface area contributed by atoms with Crippen LogP contribution in [0, 0.1) is 19.8 Å². The number of benzene rings is 2. The molecule has 13 heteroatoms. The lowest BCUT2D eigenvalue weighted by molar-refractivity contribution is 0.0166. The Hall–Kier alpha value is -3.74. The van der Waals surface area contributed by atoms with Gasteiger partial charge in [-0.3, -0.25) is 4.79 Å². The lowest BCUT2D eigenvalue weighted by Crippen LogP contribution is -2.49. The highest BCUT2D eigenvalue weighted by Crippen LogP contribution is 2.29. The Labute approximate surface area is 269 Å². The van der Waals surface area contributed by atoms with Gasteiger partial charge < -0.3 is 19.6 Å². The fraction of sp³-hybridized carbons (Fsp3) is 0.438. The summed E-state index contributed by atoms with van der Waals surface area (Å²) < 4.78 is 34.9. The molecule has 242 valence electrons. The first-order valence-corrected chi connectivity index (χ1v) is 16.5. The van der Waals surface area contributed by atoms with Crippen LogP contribution in [0.3, 0.4) is 0 Å². The van der Waals surface area contributed by atoms with E-state index in [4.69, 9.17) is 16.3 Å². The molecule has 0 bridgehead atoms. The van der Waals surface area contributed by atoms with Gasteiger partial charge in [-0.2, -0.15) is 0 Å². The molecule has 1 fully saturated rings. The van der Waals surface area contributed by atoms with Gasteiger partial charge in [-0.1, -0.05) is 49.7 Å². The second-order valence-electron chi connectivity index (χ2n) is 12.6. The standard InChI is InChI=1S/C32H40ClN5O6S/c1-19(2)26-18-37(31(41)44-32(5,6)7)16-23(39)17-38(26)29(40)22-12-9-13-24(14-22)45(42,43)36-30-34-25(15-27(33)35-30)28-20(3)10-8-11-21(28)4/h8-15,19,23,26,39H,16-18H2,1-7H3,(H,34,35,36)/t23-,26-/m1/s1. The van der Waals surface area contributed by atoms with Crippen molar-refractivity contribution in [2.75, 3.05) is 24.4 Å². The molecule has 4 rings (SSSR count). The van der Waals surface area contributed by atoms with Crippen molar-refractivity contribution in [2.24, 2.45) is 5.92 Å². The largest absolute Gasteiger partial charge is 0.444 e. The first-order valence-electron chi connectivity index (χ1n) is 14.7. The van der Waals surface area contributed by atoms with Gasteiger partial charge in [0, 0.05) is 30.3 Å². The molecule has 2 amide bonds. The van der Waals surface area contributed by atoms with Gasteiger partial charge in [0.15, 0.2) is 0 Å². The second-order valence-corrected chi connectivity index (χ2v) is 14.7. The molecule has 45 heavy (non-hydrogen) atoms. The molecule has 2 heterocycles. The minimum atomic E-state index is -4.24. The number of hydrogen-bond donors (Lipinski definition) is 2. The minimum Gasteiger partial charge on any atom is -0.444 e. The van der Waals surface area contributed by atoms with Crippen LogP contribution in [-0.4, -0.2) is 82.7 Å². The monoisotopic (exact) mass is 657 g/mol. The molecule has 0 spiro atoms. The van der Waals surface area contributed by atoms with E-state index < -0.39 is 39.8 Å². The van der Waals surface area contributed by atoms with Crippen molar-refractivity contribution in [3.63, 3.8) is 0 Å². The normalized spacial score (nSPS) is 17.6. The van der Waals surface area contributed by atoms with Crippen molar-refractivity contribution in [1.29, 1.82) is 0 Å². The minimum absolute atomic E-state index is 0.0100. The van der Waals surface area contributed by atoms with Crippen LogP contribution in [0.5, 0.6) is 0 Å². The van der Waals surface area contributed by atoms with Crippen molar-refractivity contribution < 1.29 is 27.9 Å². The van der Waals surface area contributed by atoms with Crippen molar-refractivity contribution in [2.45, 2.75) is 71.1 Å². The molecular formula is C32H40ClN5O6S. The maximum absolute atomic E-state index is 13.9. The predicted octanol–water partition coefficient (Wildman–Crippen LogP) is 5.29. The number of nitrogens with one attached hydrogen (secondary N) is 1. The number of nitrogens with zero attached hydrogens (tertiary/aromatic N) is 4. The zero-order chi connectivity index (χ0) is 33.3. The van der Waals surface area contributed by atoms with Gasteiger partial charge in [-0.15, -0.1) is 0 Å². The summed E-state index contributed by atoms with van der Waals surface area (Å²) >= 11 is 6.27. The van der Waals surface area contributed by atoms with Gasteiger partial charge in [0.05, 0.1) is 29.3 Å². The summed E-state index contributed by atoms with van der Waals surface area (Å²) in [5, 5.41) is 10.9. The van der Waals surface area contributed by atoms with Gasteiger partial charge in [0.25, 0.3) is 15.9 Å². The number of carbonyl (C=O) groups excluding carboxylic acids is 2. The van der Waals surface area contributed by atoms with Gasteiger partial charge in [-0.05, 0) is 69.9 Å². The summed E-state index contributed by atoms with van der Waals surface area (Å²) in [4.78, 5) is 38.0. The van der Waals surface area contributed by atoms with Crippen LogP contribution < -0.4 is 4.72 Å². The molecule has 2 atom stereocenters. The molecule has 2 N–H and O–H groups in total. The van der Waals surface area contributed by atoms with E-state index in [1.807, 2.05) is 45.9 Å². The van der Waals surface area contributed by atoms with E-state index in [1.54, 1.807) is 26.8 Å². The lowest BCUT2D eigenvalue weighted by Gasteiger charge is -2.35. The van der Waals surface area contributed by atoms with E-state index in [2.05, 4.69) is 14.7 Å². The number of aryl methyl sites for hydroxylation is 2. The number of aromatic nitrogens is 2. The number of anilines is 1. The summed E-state index contributed by atoms with van der Waals surface area (Å²) in [6, 6.07) is 12.5. The molecule has 11 nitrogen and oxygen atoms in total. The first-order chi connectivity index (χ1) is 20.9. The van der Waals surface area contributed by atoms with Gasteiger partial charge >= 0.3 is 6.09 Å². The third-order valence-electron chi connectivity index (χ3n) is 7.38. The fourth-order valence-corrected chi connectivity index (χ4v) is 6.48. The second kappa shape index (κ2) is 13.3. The van der Waals surface area contributed by atoms with E-state index >= 15 is 0 Å². The Bertz CT molecular complexity index is 1670. The number of β-amino-alcohol motifs (C(OH)–C–C–N with tert-alkyl or cyclic N) is 1. The number of aliphatic hydroxyl groups excluding tert-OH is 1. The van der Waals surface area contributed by atoms with E-state index in [0.717, 1.165) is 16.7 Å². The molecule has 1 saturated heterocycles. The highest BCUT2D eigenvalue weighted by Gasteiger charge is 2.37. The quantitative estimate of drug-likeness (QED) is 0.341. The van der Waals surface area contributed by atoms with Crippen LogP contribution >= 0.6 is 11.6 Å². The highest BCUT2D eigenvalue weighted by atomic mass is 35.5. The van der Waals surface area contributed by atoms with E-state index in [0.29, 0.717) is 5.69 Å². The number of aliphatic hydroxyl groups is 1. The topological polar surface area (TPSA) is 142 Å². The molecule has 3 aromatic rings. The van der Waals surface area contributed by atoms with E-state index in [-0.39, 0.29) is 47.1 Å². The Balaban J connectivity index is 1.61. The SMILES string of the molecule is Cc1cccc(C)c1-c1cc(Cl)nc(NS(=O)(=O)c2cccc(C(=O)N3C[C@H](O)CN(C(=O)OC(C)(C)C)C[C@@H]3C(C)C)c2)n1. The molecule has 0 unspecified atom stereocenters. The maximum Gasteiger partial charge on any atom is 0.410 e. The molecule has 0 aliphatic carbocycles. The fourth-order valence-electron chi connectivity index (χ4n) is 5.30. The highest BCUT2D eigenvalue weighted by molar-refractivity contribution is 7.92. The number of halogens is 1. The van der Waals surface area contributed by atoms with Crippen LogP contribution in [0.4, 0.5) is 10.7 Å². The van der Waals surface area contributed by atoms with Crippen LogP contribution in [0.25, 0.3) is 11.3 Å². The van der Waals surface area contributed by atoms with Gasteiger partial charge in [0.1, 0.15) is 10.8 Å². The summed E-state index contributed by atoms with van der Waals surface area (Å²) in [6.07, 6.45) is -1.62. The molecule has 1 aliphatic rings. The number of carbonyl (C=O) groups is 2. The third kappa shape index (κ3) is 8.30. The maximum atomic E-state index is 13.9. The molecule has 1 aliphatic heterocycles. The number of hydrogen-bond acceptors (Lipinski definition) is 8. The summed E-state index contributed by atoms with van der Waals surface area (Å²) in [5.74, 6) is -0.786. The molecule has 1 aromatic heterocycles. The van der Waals surface area contributed by atoms with E-state index in [9.17, 15) is 23.1 Å². The van der Waals surface area contributed by atoms with Crippen molar-refractivity contribution in [3.8, 4) is 11.3 Å². The van der Waals surface area contributed by atoms with Crippen LogP contribution in [0.1, 0.15) is 56.1 Å². The van der Waals surface area contributed by atoms with E-state index in [1.165, 1.54) is 34.1 Å². The summed E-state index contributed by atoms with van der Waals surface area (Å²) in [7, 11) is -4.24.